The van der Waals surface area contributed by atoms with Crippen LogP contribution in [0.25, 0.3) is 0 Å². The molecule has 1 atom stereocenters. The monoisotopic (exact) mass is 333 g/mol. The molecule has 1 aromatic rings. The first kappa shape index (κ1) is 16.1. The summed E-state index contributed by atoms with van der Waals surface area (Å²) in [7, 11) is -3.35. The van der Waals surface area contributed by atoms with Crippen LogP contribution in [0.5, 0.6) is 0 Å². The van der Waals surface area contributed by atoms with Gasteiger partial charge in [-0.3, -0.25) is 0 Å². The van der Waals surface area contributed by atoms with Gasteiger partial charge in [-0.05, 0) is 30.5 Å². The first-order valence-electron chi connectivity index (χ1n) is 6.84. The van der Waals surface area contributed by atoms with Crippen molar-refractivity contribution in [2.45, 2.75) is 29.9 Å². The van der Waals surface area contributed by atoms with Crippen LogP contribution >= 0.6 is 23.4 Å². The lowest BCUT2D eigenvalue weighted by Gasteiger charge is -2.31. The lowest BCUT2D eigenvalue weighted by atomic mass is 10.2. The molecule has 0 N–H and O–H groups in total. The topological polar surface area (TPSA) is 37.4 Å². The first-order valence-corrected chi connectivity index (χ1v) is 9.87. The molecule has 0 spiro atoms. The number of rotatable bonds is 5. The SMILES string of the molecule is CCC1CN(S(=O)(=O)c2ccc(CCCl)cc2)CCS1. The van der Waals surface area contributed by atoms with Gasteiger partial charge in [-0.15, -0.1) is 11.6 Å². The second kappa shape index (κ2) is 7.16. The Morgan fingerprint density at radius 3 is 2.65 bits per heavy atom. The highest BCUT2D eigenvalue weighted by atomic mass is 35.5. The number of hydrogen-bond acceptors (Lipinski definition) is 3. The van der Waals surface area contributed by atoms with E-state index in [0.717, 1.165) is 24.2 Å². The highest BCUT2D eigenvalue weighted by molar-refractivity contribution is 8.00. The van der Waals surface area contributed by atoms with E-state index in [1.54, 1.807) is 16.4 Å². The fourth-order valence-electron chi connectivity index (χ4n) is 2.24. The van der Waals surface area contributed by atoms with Crippen molar-refractivity contribution in [2.24, 2.45) is 0 Å². The number of thioether (sulfide) groups is 1. The van der Waals surface area contributed by atoms with E-state index < -0.39 is 10.0 Å². The molecule has 0 saturated carbocycles. The van der Waals surface area contributed by atoms with Gasteiger partial charge in [0.15, 0.2) is 0 Å². The zero-order valence-corrected chi connectivity index (χ0v) is 14.0. The average molecular weight is 334 g/mol. The van der Waals surface area contributed by atoms with Gasteiger partial charge < -0.3 is 0 Å². The first-order chi connectivity index (χ1) is 9.57. The minimum absolute atomic E-state index is 0.387. The second-order valence-corrected chi connectivity index (χ2v) is 8.57. The molecule has 1 unspecified atom stereocenters. The van der Waals surface area contributed by atoms with E-state index in [4.69, 9.17) is 11.6 Å². The average Bonchev–Trinajstić information content (AvgIpc) is 2.48. The maximum Gasteiger partial charge on any atom is 0.243 e. The fraction of sp³-hybridized carbons (Fsp3) is 0.571. The number of sulfonamides is 1. The van der Waals surface area contributed by atoms with E-state index in [-0.39, 0.29) is 0 Å². The van der Waals surface area contributed by atoms with Gasteiger partial charge in [0, 0.05) is 30.0 Å². The minimum atomic E-state index is -3.35. The third-order valence-corrected chi connectivity index (χ3v) is 6.94. The number of alkyl halides is 1. The quantitative estimate of drug-likeness (QED) is 0.777. The Kier molecular flexibility index (Phi) is 5.78. The molecule has 0 radical (unpaired) electrons. The van der Waals surface area contributed by atoms with Crippen molar-refractivity contribution in [3.63, 3.8) is 0 Å². The second-order valence-electron chi connectivity index (χ2n) is 4.85. The van der Waals surface area contributed by atoms with Crippen molar-refractivity contribution in [2.75, 3.05) is 24.7 Å². The Labute approximate surface area is 130 Å². The Balaban J connectivity index is 2.16. The molecule has 20 heavy (non-hydrogen) atoms. The molecule has 3 nitrogen and oxygen atoms in total. The number of aryl methyl sites for hydroxylation is 1. The molecule has 112 valence electrons. The summed E-state index contributed by atoms with van der Waals surface area (Å²) in [6.07, 6.45) is 1.77. The normalized spacial score (nSPS) is 21.0. The molecular weight excluding hydrogens is 314 g/mol. The van der Waals surface area contributed by atoms with Gasteiger partial charge in [0.2, 0.25) is 10.0 Å². The minimum Gasteiger partial charge on any atom is -0.207 e. The molecule has 1 aromatic carbocycles. The van der Waals surface area contributed by atoms with Crippen molar-refractivity contribution in [3.05, 3.63) is 29.8 Å². The summed E-state index contributed by atoms with van der Waals surface area (Å²) in [5, 5.41) is 0.411. The van der Waals surface area contributed by atoms with Crippen LogP contribution in [0.3, 0.4) is 0 Å². The molecule has 1 heterocycles. The molecule has 0 bridgehead atoms. The highest BCUT2D eigenvalue weighted by Crippen LogP contribution is 2.26. The summed E-state index contributed by atoms with van der Waals surface area (Å²) < 4.78 is 26.8. The van der Waals surface area contributed by atoms with Gasteiger partial charge in [0.1, 0.15) is 0 Å². The van der Waals surface area contributed by atoms with Crippen LogP contribution in [0.15, 0.2) is 29.2 Å². The lowest BCUT2D eigenvalue weighted by Crippen LogP contribution is -2.41. The summed E-state index contributed by atoms with van der Waals surface area (Å²) in [5.74, 6) is 1.43. The summed E-state index contributed by atoms with van der Waals surface area (Å²) in [6, 6.07) is 7.09. The summed E-state index contributed by atoms with van der Waals surface area (Å²) in [4.78, 5) is 0.387. The van der Waals surface area contributed by atoms with E-state index in [1.807, 2.05) is 23.9 Å². The highest BCUT2D eigenvalue weighted by Gasteiger charge is 2.29. The summed E-state index contributed by atoms with van der Waals surface area (Å²) >= 11 is 7.56. The van der Waals surface area contributed by atoms with Gasteiger partial charge >= 0.3 is 0 Å². The number of halogens is 1. The number of nitrogens with zero attached hydrogens (tertiary/aromatic N) is 1. The zero-order valence-electron chi connectivity index (χ0n) is 11.6. The van der Waals surface area contributed by atoms with Crippen LogP contribution < -0.4 is 0 Å². The van der Waals surface area contributed by atoms with E-state index in [0.29, 0.717) is 29.1 Å². The third kappa shape index (κ3) is 3.70. The van der Waals surface area contributed by atoms with Gasteiger partial charge in [0.25, 0.3) is 0 Å². The van der Waals surface area contributed by atoms with Crippen LogP contribution in [-0.2, 0) is 16.4 Å². The fourth-order valence-corrected chi connectivity index (χ4v) is 5.34. The van der Waals surface area contributed by atoms with Crippen LogP contribution in [0, 0.1) is 0 Å². The van der Waals surface area contributed by atoms with E-state index >= 15 is 0 Å². The molecule has 1 fully saturated rings. The molecule has 6 heteroatoms. The summed E-state index contributed by atoms with van der Waals surface area (Å²) in [6.45, 7) is 3.33. The van der Waals surface area contributed by atoms with Crippen molar-refractivity contribution in [1.82, 2.24) is 4.31 Å². The van der Waals surface area contributed by atoms with Gasteiger partial charge in [-0.2, -0.15) is 16.1 Å². The maximum atomic E-state index is 12.6. The Bertz CT molecular complexity index is 531. The van der Waals surface area contributed by atoms with Crippen LogP contribution in [0.4, 0.5) is 0 Å². The maximum absolute atomic E-state index is 12.6. The molecule has 1 aliphatic heterocycles. The Morgan fingerprint density at radius 2 is 2.05 bits per heavy atom. The van der Waals surface area contributed by atoms with Crippen LogP contribution in [0.2, 0.25) is 0 Å². The summed E-state index contributed by atoms with van der Waals surface area (Å²) in [5.41, 5.74) is 1.07. The predicted octanol–water partition coefficient (Wildman–Crippen LogP) is 2.98. The molecule has 0 aliphatic carbocycles. The van der Waals surface area contributed by atoms with E-state index in [9.17, 15) is 8.42 Å². The lowest BCUT2D eigenvalue weighted by molar-refractivity contribution is 0.416. The van der Waals surface area contributed by atoms with Gasteiger partial charge in [-0.25, -0.2) is 8.42 Å². The van der Waals surface area contributed by atoms with Gasteiger partial charge in [-0.1, -0.05) is 19.1 Å². The van der Waals surface area contributed by atoms with Crippen LogP contribution in [-0.4, -0.2) is 42.7 Å². The van der Waals surface area contributed by atoms with Crippen LogP contribution in [0.1, 0.15) is 18.9 Å². The van der Waals surface area contributed by atoms with Crippen molar-refractivity contribution >= 4 is 33.4 Å². The van der Waals surface area contributed by atoms with Gasteiger partial charge in [0.05, 0.1) is 4.90 Å². The largest absolute Gasteiger partial charge is 0.243 e. The van der Waals surface area contributed by atoms with E-state index in [1.165, 1.54) is 0 Å². The molecular formula is C14H20ClNO2S2. The molecule has 2 rings (SSSR count). The molecule has 1 aliphatic rings. The number of hydrogen-bond donors (Lipinski definition) is 0. The molecule has 1 saturated heterocycles. The Morgan fingerprint density at radius 1 is 1.35 bits per heavy atom. The smallest absolute Gasteiger partial charge is 0.207 e. The standard InChI is InChI=1S/C14H20ClNO2S2/c1-2-13-11-16(9-10-19-13)20(17,18)14-5-3-12(4-6-14)7-8-15/h3-6,13H,2,7-11H2,1H3. The zero-order chi connectivity index (χ0) is 14.6. The number of benzene rings is 1. The van der Waals surface area contributed by atoms with Crippen molar-refractivity contribution in [3.8, 4) is 0 Å². The van der Waals surface area contributed by atoms with Crippen molar-refractivity contribution < 1.29 is 8.42 Å². The molecule has 0 aromatic heterocycles. The Hall–Kier alpha value is -0.230. The third-order valence-electron chi connectivity index (χ3n) is 3.50. The van der Waals surface area contributed by atoms with E-state index in [2.05, 4.69) is 6.92 Å². The molecule has 0 amide bonds. The predicted molar refractivity (Wildman–Crippen MR) is 86.2 cm³/mol. The van der Waals surface area contributed by atoms with Crippen molar-refractivity contribution in [1.29, 1.82) is 0 Å².